The van der Waals surface area contributed by atoms with Gasteiger partial charge < -0.3 is 14.2 Å². The molecule has 2 saturated carbocycles. The fraction of sp³-hybridized carbons (Fsp3) is 0.640. The maximum atomic E-state index is 12.0. The predicted molar refractivity (Wildman–Crippen MR) is 115 cm³/mol. The maximum absolute atomic E-state index is 12.0. The molecule has 0 aromatic heterocycles. The molecule has 158 valence electrons. The Bertz CT molecular complexity index is 853. The molecular weight excluding hydrogens is 364 g/mol. The van der Waals surface area contributed by atoms with Crippen LogP contribution in [-0.4, -0.2) is 19.2 Å². The lowest BCUT2D eigenvalue weighted by Gasteiger charge is -2.52. The van der Waals surface area contributed by atoms with Crippen LogP contribution in [-0.2, 0) is 0 Å². The molecule has 4 rings (SSSR count). The zero-order chi connectivity index (χ0) is 21.0. The van der Waals surface area contributed by atoms with Crippen LogP contribution in [0.1, 0.15) is 82.6 Å². The first kappa shape index (κ1) is 20.3. The average molecular weight is 399 g/mol. The van der Waals surface area contributed by atoms with E-state index in [2.05, 4.69) is 26.8 Å². The summed E-state index contributed by atoms with van der Waals surface area (Å²) >= 11 is 0. The third kappa shape index (κ3) is 3.25. The molecule has 0 unspecified atom stereocenters. The summed E-state index contributed by atoms with van der Waals surface area (Å²) in [6, 6.07) is 1.98. The highest BCUT2D eigenvalue weighted by atomic mass is 16.7. The van der Waals surface area contributed by atoms with Gasteiger partial charge in [0.1, 0.15) is 11.3 Å². The normalized spacial score (nSPS) is 34.0. The lowest BCUT2D eigenvalue weighted by molar-refractivity contribution is -0.0433. The number of rotatable bonds is 3. The molecule has 1 aromatic rings. The van der Waals surface area contributed by atoms with Crippen LogP contribution in [0.2, 0.25) is 0 Å². The Morgan fingerprint density at radius 3 is 2.59 bits per heavy atom. The van der Waals surface area contributed by atoms with Crippen LogP contribution in [0.25, 0.3) is 6.08 Å². The number of hydrogen-bond acceptors (Lipinski definition) is 4. The molecule has 1 aromatic carbocycles. The van der Waals surface area contributed by atoms with Crippen LogP contribution < -0.4 is 14.2 Å². The van der Waals surface area contributed by atoms with Crippen molar-refractivity contribution >= 4 is 12.4 Å². The van der Waals surface area contributed by atoms with E-state index in [0.29, 0.717) is 28.7 Å². The number of ether oxygens (including phenoxy) is 3. The summed E-state index contributed by atoms with van der Waals surface area (Å²) in [6.45, 7) is 10.9. The van der Waals surface area contributed by atoms with Gasteiger partial charge in [0, 0.05) is 19.4 Å². The highest BCUT2D eigenvalue weighted by molar-refractivity contribution is 5.89. The molecule has 0 saturated heterocycles. The van der Waals surface area contributed by atoms with Crippen molar-refractivity contribution in [1.29, 1.82) is 0 Å². The van der Waals surface area contributed by atoms with E-state index in [-0.39, 0.29) is 5.41 Å². The second-order valence-electron chi connectivity index (χ2n) is 9.93. The summed E-state index contributed by atoms with van der Waals surface area (Å²) in [5, 5.41) is 0. The van der Waals surface area contributed by atoms with Gasteiger partial charge >= 0.3 is 0 Å². The molecule has 0 N–H and O–H groups in total. The molecule has 0 bridgehead atoms. The van der Waals surface area contributed by atoms with Gasteiger partial charge in [0.05, 0.1) is 7.11 Å². The van der Waals surface area contributed by atoms with E-state index in [9.17, 15) is 4.79 Å². The first-order chi connectivity index (χ1) is 13.7. The summed E-state index contributed by atoms with van der Waals surface area (Å²) in [5.74, 6) is 2.90. The number of aldehydes is 1. The fourth-order valence-corrected chi connectivity index (χ4v) is 6.21. The van der Waals surface area contributed by atoms with Crippen LogP contribution in [0.4, 0.5) is 0 Å². The van der Waals surface area contributed by atoms with Gasteiger partial charge in [0.25, 0.3) is 0 Å². The van der Waals surface area contributed by atoms with E-state index >= 15 is 0 Å². The van der Waals surface area contributed by atoms with Crippen molar-refractivity contribution < 1.29 is 19.0 Å². The molecular formula is C25H34O4. The van der Waals surface area contributed by atoms with Crippen molar-refractivity contribution in [3.05, 3.63) is 22.8 Å². The van der Waals surface area contributed by atoms with Gasteiger partial charge in [-0.1, -0.05) is 45.3 Å². The van der Waals surface area contributed by atoms with Crippen molar-refractivity contribution in [3.63, 3.8) is 0 Å². The Labute approximate surface area is 174 Å². The zero-order valence-electron chi connectivity index (χ0n) is 18.6. The van der Waals surface area contributed by atoms with Gasteiger partial charge in [0.2, 0.25) is 5.79 Å². The van der Waals surface area contributed by atoms with E-state index in [0.717, 1.165) is 23.7 Å². The summed E-state index contributed by atoms with van der Waals surface area (Å²) < 4.78 is 17.6. The number of methoxy groups -OCH3 is 1. The van der Waals surface area contributed by atoms with Crippen LogP contribution in [0.15, 0.2) is 11.6 Å². The van der Waals surface area contributed by atoms with E-state index in [4.69, 9.17) is 14.2 Å². The van der Waals surface area contributed by atoms with E-state index in [1.165, 1.54) is 37.7 Å². The van der Waals surface area contributed by atoms with Gasteiger partial charge in [0.15, 0.2) is 17.8 Å². The molecule has 1 aliphatic heterocycles. The topological polar surface area (TPSA) is 44.8 Å². The Kier molecular flexibility index (Phi) is 4.95. The number of fused-ring (bicyclic) bond motifs is 2. The first-order valence-corrected chi connectivity index (χ1v) is 11.0. The summed E-state index contributed by atoms with van der Waals surface area (Å²) in [5.41, 5.74) is 3.05. The molecule has 1 heterocycles. The minimum Gasteiger partial charge on any atom is -0.495 e. The zero-order valence-corrected chi connectivity index (χ0v) is 18.6. The number of carbonyl (C=O) groups is 1. The van der Waals surface area contributed by atoms with E-state index in [1.54, 1.807) is 7.11 Å². The quantitative estimate of drug-likeness (QED) is 0.563. The summed E-state index contributed by atoms with van der Waals surface area (Å²) in [4.78, 5) is 12.0. The number of allylic oxidation sites excluding steroid dienone is 1. The molecule has 2 aliphatic carbocycles. The third-order valence-corrected chi connectivity index (χ3v) is 7.56. The molecule has 29 heavy (non-hydrogen) atoms. The molecule has 4 heteroatoms. The van der Waals surface area contributed by atoms with Crippen LogP contribution >= 0.6 is 0 Å². The minimum absolute atomic E-state index is 0.206. The Morgan fingerprint density at radius 1 is 1.14 bits per heavy atom. The van der Waals surface area contributed by atoms with Crippen molar-refractivity contribution in [1.82, 2.24) is 0 Å². The van der Waals surface area contributed by atoms with Gasteiger partial charge in [-0.05, 0) is 48.5 Å². The smallest absolute Gasteiger partial charge is 0.246 e. The van der Waals surface area contributed by atoms with Gasteiger partial charge in [-0.15, -0.1) is 0 Å². The number of carbonyl (C=O) groups excluding carboxylic acids is 1. The van der Waals surface area contributed by atoms with Gasteiger partial charge in [-0.2, -0.15) is 0 Å². The molecule has 0 spiro atoms. The fourth-order valence-electron chi connectivity index (χ4n) is 6.21. The Balaban J connectivity index is 1.86. The molecule has 0 radical (unpaired) electrons. The Hall–Kier alpha value is -1.97. The first-order valence-electron chi connectivity index (χ1n) is 11.0. The molecule has 3 aliphatic rings. The average Bonchev–Trinajstić information content (AvgIpc) is 2.96. The molecule has 4 nitrogen and oxygen atoms in total. The number of hydrogen-bond donors (Lipinski definition) is 0. The standard InChI is InChI=1S/C25H34O4/c1-15-8-7-11-25(5)19(15)10-9-16(2)20(25)12-17-13-21-23(29-24(3,4)28-21)18(14-26)22(17)27-6/h12-16,19H,7-11H2,1-6H3/b20-12+/t15-,16+,19-,25-/m0/s1. The summed E-state index contributed by atoms with van der Waals surface area (Å²) in [6.07, 6.45) is 9.49. The Morgan fingerprint density at radius 2 is 1.90 bits per heavy atom. The SMILES string of the molecule is COc1c(/C=C2\[C@H](C)CC[C@H]3[C@@H](C)CCC[C@]23C)cc2c(c1C=O)OC(C)(C)O2. The number of benzene rings is 1. The minimum atomic E-state index is -0.787. The highest BCUT2D eigenvalue weighted by Gasteiger charge is 2.47. The highest BCUT2D eigenvalue weighted by Crippen LogP contribution is 2.58. The van der Waals surface area contributed by atoms with Crippen molar-refractivity contribution in [3.8, 4) is 17.2 Å². The lowest BCUT2D eigenvalue weighted by atomic mass is 9.53. The summed E-state index contributed by atoms with van der Waals surface area (Å²) in [7, 11) is 1.62. The van der Waals surface area contributed by atoms with Crippen molar-refractivity contribution in [2.45, 2.75) is 72.5 Å². The monoisotopic (exact) mass is 398 g/mol. The van der Waals surface area contributed by atoms with E-state index in [1.807, 2.05) is 19.9 Å². The van der Waals surface area contributed by atoms with Crippen LogP contribution in [0.5, 0.6) is 17.2 Å². The lowest BCUT2D eigenvalue weighted by Crippen LogP contribution is -2.42. The molecule has 2 fully saturated rings. The van der Waals surface area contributed by atoms with Crippen molar-refractivity contribution in [2.24, 2.45) is 23.2 Å². The van der Waals surface area contributed by atoms with Gasteiger partial charge in [-0.25, -0.2) is 0 Å². The third-order valence-electron chi connectivity index (χ3n) is 7.56. The molecule has 0 amide bonds. The van der Waals surface area contributed by atoms with Crippen LogP contribution in [0, 0.1) is 23.2 Å². The second kappa shape index (κ2) is 7.07. The molecule has 4 atom stereocenters. The van der Waals surface area contributed by atoms with Gasteiger partial charge in [-0.3, -0.25) is 4.79 Å². The van der Waals surface area contributed by atoms with Crippen molar-refractivity contribution in [2.75, 3.05) is 7.11 Å². The van der Waals surface area contributed by atoms with E-state index < -0.39 is 5.79 Å². The van der Waals surface area contributed by atoms with Crippen LogP contribution in [0.3, 0.4) is 0 Å². The second-order valence-corrected chi connectivity index (χ2v) is 9.93. The maximum Gasteiger partial charge on any atom is 0.246 e. The largest absolute Gasteiger partial charge is 0.495 e. The predicted octanol–water partition coefficient (Wildman–Crippen LogP) is 6.27.